The molecule has 29 heavy (non-hydrogen) atoms. The number of piperidine rings is 1. The van der Waals surface area contributed by atoms with E-state index < -0.39 is 34.9 Å². The van der Waals surface area contributed by atoms with E-state index in [1.807, 2.05) is 27.7 Å². The highest BCUT2D eigenvalue weighted by atomic mass is 16.7. The van der Waals surface area contributed by atoms with Gasteiger partial charge in [-0.3, -0.25) is 4.84 Å². The minimum Gasteiger partial charge on any atom is -0.459 e. The Morgan fingerprint density at radius 1 is 0.966 bits per heavy atom. The number of ether oxygens (including phenoxy) is 4. The summed E-state index contributed by atoms with van der Waals surface area (Å²) in [7, 11) is 0. The summed E-state index contributed by atoms with van der Waals surface area (Å²) in [5, 5.41) is 1.67. The molecule has 0 unspecified atom stereocenters. The molecule has 1 spiro atoms. The molecule has 2 fully saturated rings. The average Bonchev–Trinajstić information content (AvgIpc) is 2.63. The quantitative estimate of drug-likeness (QED) is 0.342. The normalized spacial score (nSPS) is 22.8. The van der Waals surface area contributed by atoms with Crippen molar-refractivity contribution in [3.05, 3.63) is 25.3 Å². The van der Waals surface area contributed by atoms with Crippen molar-refractivity contribution >= 4 is 11.9 Å². The number of hydroxylamine groups is 2. The first kappa shape index (κ1) is 23.5. The zero-order valence-corrected chi connectivity index (χ0v) is 17.9. The van der Waals surface area contributed by atoms with Gasteiger partial charge in [0.2, 0.25) is 0 Å². The Morgan fingerprint density at radius 2 is 1.41 bits per heavy atom. The van der Waals surface area contributed by atoms with Gasteiger partial charge in [0, 0.05) is 23.9 Å². The second-order valence-electron chi connectivity index (χ2n) is 8.56. The van der Waals surface area contributed by atoms with Gasteiger partial charge < -0.3 is 18.9 Å². The first-order valence-corrected chi connectivity index (χ1v) is 9.87. The van der Waals surface area contributed by atoms with Crippen LogP contribution in [0.15, 0.2) is 25.3 Å². The van der Waals surface area contributed by atoms with Crippen molar-refractivity contribution in [2.24, 2.45) is 0 Å². The molecular formula is C21H33NO7. The van der Waals surface area contributed by atoms with E-state index in [0.717, 1.165) is 6.42 Å². The summed E-state index contributed by atoms with van der Waals surface area (Å²) in [4.78, 5) is 31.0. The standard InChI is InChI=1S/C21H33NO7/c1-7-10-25-17(23)16(18(24)26-11-8-2)29-22-19(3,4)14-21(15-20(22,5)6)27-12-9-13-28-21/h7-8,16H,1-2,9-15H2,3-6H3. The summed E-state index contributed by atoms with van der Waals surface area (Å²) in [6.45, 7) is 16.0. The molecule has 0 aromatic carbocycles. The molecule has 164 valence electrons. The molecule has 0 atom stereocenters. The lowest BCUT2D eigenvalue weighted by atomic mass is 9.77. The third kappa shape index (κ3) is 5.66. The number of esters is 2. The maximum Gasteiger partial charge on any atom is 0.349 e. The molecule has 2 rings (SSSR count). The Hall–Kier alpha value is -1.74. The van der Waals surface area contributed by atoms with Crippen molar-refractivity contribution in [1.29, 1.82) is 0 Å². The summed E-state index contributed by atoms with van der Waals surface area (Å²) in [6, 6.07) is 0. The lowest BCUT2D eigenvalue weighted by Crippen LogP contribution is -2.68. The number of rotatable bonds is 8. The summed E-state index contributed by atoms with van der Waals surface area (Å²) in [5.74, 6) is -2.39. The Morgan fingerprint density at radius 3 is 1.83 bits per heavy atom. The van der Waals surface area contributed by atoms with Gasteiger partial charge in [-0.2, -0.15) is 5.06 Å². The Bertz CT molecular complexity index is 579. The lowest BCUT2D eigenvalue weighted by Gasteiger charge is -2.58. The fraction of sp³-hybridized carbons (Fsp3) is 0.714. The van der Waals surface area contributed by atoms with Crippen molar-refractivity contribution in [3.8, 4) is 0 Å². The van der Waals surface area contributed by atoms with Crippen LogP contribution in [0.25, 0.3) is 0 Å². The Labute approximate surface area is 172 Å². The van der Waals surface area contributed by atoms with Crippen LogP contribution < -0.4 is 0 Å². The number of nitrogens with zero attached hydrogens (tertiary/aromatic N) is 1. The molecule has 0 bridgehead atoms. The maximum atomic E-state index is 12.5. The molecule has 8 heteroatoms. The van der Waals surface area contributed by atoms with Gasteiger partial charge in [-0.25, -0.2) is 9.59 Å². The second kappa shape index (κ2) is 9.38. The molecule has 2 aliphatic heterocycles. The minimum atomic E-state index is -1.56. The largest absolute Gasteiger partial charge is 0.459 e. The topological polar surface area (TPSA) is 83.5 Å². The van der Waals surface area contributed by atoms with E-state index in [2.05, 4.69) is 13.2 Å². The molecule has 0 aromatic heterocycles. The number of hydrogen-bond acceptors (Lipinski definition) is 8. The summed E-state index contributed by atoms with van der Waals surface area (Å²) in [6.07, 6.45) is 3.16. The Balaban J connectivity index is 2.25. The van der Waals surface area contributed by atoms with Crippen LogP contribution in [0.1, 0.15) is 47.0 Å². The molecule has 0 aliphatic carbocycles. The molecule has 0 N–H and O–H groups in total. The van der Waals surface area contributed by atoms with Crippen LogP contribution in [-0.4, -0.2) is 66.4 Å². The summed E-state index contributed by atoms with van der Waals surface area (Å²) < 4.78 is 22.2. The van der Waals surface area contributed by atoms with Crippen LogP contribution in [0.2, 0.25) is 0 Å². The Kier molecular flexibility index (Phi) is 7.62. The van der Waals surface area contributed by atoms with Crippen molar-refractivity contribution in [1.82, 2.24) is 5.06 Å². The van der Waals surface area contributed by atoms with Crippen LogP contribution in [0, 0.1) is 0 Å². The molecule has 0 radical (unpaired) electrons. The van der Waals surface area contributed by atoms with Crippen molar-refractivity contribution < 1.29 is 33.4 Å². The van der Waals surface area contributed by atoms with Gasteiger partial charge >= 0.3 is 11.9 Å². The van der Waals surface area contributed by atoms with Crippen LogP contribution >= 0.6 is 0 Å². The summed E-state index contributed by atoms with van der Waals surface area (Å²) >= 11 is 0. The smallest absolute Gasteiger partial charge is 0.349 e. The van der Waals surface area contributed by atoms with Gasteiger partial charge in [0.15, 0.2) is 5.79 Å². The highest BCUT2D eigenvalue weighted by Gasteiger charge is 2.57. The molecule has 2 aliphatic rings. The predicted octanol–water partition coefficient (Wildman–Crippen LogP) is 2.53. The van der Waals surface area contributed by atoms with E-state index in [4.69, 9.17) is 23.8 Å². The van der Waals surface area contributed by atoms with Gasteiger partial charge in [0.1, 0.15) is 13.2 Å². The zero-order valence-electron chi connectivity index (χ0n) is 17.9. The van der Waals surface area contributed by atoms with Gasteiger partial charge in [-0.05, 0) is 34.1 Å². The molecule has 0 saturated carbocycles. The van der Waals surface area contributed by atoms with Gasteiger partial charge in [-0.1, -0.05) is 25.3 Å². The van der Waals surface area contributed by atoms with Gasteiger partial charge in [-0.15, -0.1) is 0 Å². The average molecular weight is 411 g/mol. The first-order chi connectivity index (χ1) is 13.6. The van der Waals surface area contributed by atoms with Crippen LogP contribution in [-0.2, 0) is 33.4 Å². The van der Waals surface area contributed by atoms with Crippen molar-refractivity contribution in [2.75, 3.05) is 26.4 Å². The molecule has 8 nitrogen and oxygen atoms in total. The third-order valence-electron chi connectivity index (χ3n) is 4.85. The number of carbonyl (C=O) groups excluding carboxylic acids is 2. The highest BCUT2D eigenvalue weighted by molar-refractivity contribution is 5.98. The number of carbonyl (C=O) groups is 2. The number of hydrogen-bond donors (Lipinski definition) is 0. The molecular weight excluding hydrogens is 378 g/mol. The third-order valence-corrected chi connectivity index (χ3v) is 4.85. The predicted molar refractivity (Wildman–Crippen MR) is 106 cm³/mol. The SMILES string of the molecule is C=CCOC(=O)C(ON1C(C)(C)CC2(CC1(C)C)OCCCO2)C(=O)OCC=C. The van der Waals surface area contributed by atoms with Crippen LogP contribution in [0.5, 0.6) is 0 Å². The van der Waals surface area contributed by atoms with Gasteiger partial charge in [0.05, 0.1) is 13.2 Å². The van der Waals surface area contributed by atoms with E-state index >= 15 is 0 Å². The van der Waals surface area contributed by atoms with Crippen molar-refractivity contribution in [3.63, 3.8) is 0 Å². The second-order valence-corrected chi connectivity index (χ2v) is 8.56. The minimum absolute atomic E-state index is 0.0367. The monoisotopic (exact) mass is 411 g/mol. The molecule has 2 heterocycles. The maximum absolute atomic E-state index is 12.5. The molecule has 0 aromatic rings. The van der Waals surface area contributed by atoms with Crippen LogP contribution in [0.4, 0.5) is 0 Å². The van der Waals surface area contributed by atoms with E-state index in [0.29, 0.717) is 26.1 Å². The van der Waals surface area contributed by atoms with E-state index in [1.54, 1.807) is 5.06 Å². The highest BCUT2D eigenvalue weighted by Crippen LogP contribution is 2.47. The fourth-order valence-electron chi connectivity index (χ4n) is 4.17. The van der Waals surface area contributed by atoms with E-state index in [-0.39, 0.29) is 13.2 Å². The lowest BCUT2D eigenvalue weighted by molar-refractivity contribution is -0.372. The fourth-order valence-corrected chi connectivity index (χ4v) is 4.17. The molecule has 0 amide bonds. The molecule has 2 saturated heterocycles. The van der Waals surface area contributed by atoms with Crippen molar-refractivity contribution in [2.45, 2.75) is 69.9 Å². The van der Waals surface area contributed by atoms with Gasteiger partial charge in [0.25, 0.3) is 6.10 Å². The van der Waals surface area contributed by atoms with E-state index in [9.17, 15) is 9.59 Å². The van der Waals surface area contributed by atoms with Crippen LogP contribution in [0.3, 0.4) is 0 Å². The summed E-state index contributed by atoms with van der Waals surface area (Å²) in [5.41, 5.74) is -1.20. The zero-order chi connectivity index (χ0) is 21.7. The first-order valence-electron chi connectivity index (χ1n) is 9.87. The van der Waals surface area contributed by atoms with E-state index in [1.165, 1.54) is 12.2 Å².